The molecule has 1 unspecified atom stereocenters. The number of nitrogens with one attached hydrogen (secondary N) is 1. The first-order valence-electron chi connectivity index (χ1n) is 15.4. The summed E-state index contributed by atoms with van der Waals surface area (Å²) in [5.74, 6) is -0.158. The molecule has 0 saturated carbocycles. The van der Waals surface area contributed by atoms with E-state index < -0.39 is 24.3 Å². The van der Waals surface area contributed by atoms with Crippen molar-refractivity contribution in [2.24, 2.45) is 7.05 Å². The molecule has 0 aliphatic carbocycles. The van der Waals surface area contributed by atoms with Gasteiger partial charge in [-0.1, -0.05) is 90.6 Å². The average Bonchev–Trinajstić information content (AvgIpc) is 3.63. The highest BCUT2D eigenvalue weighted by molar-refractivity contribution is 7.99. The van der Waals surface area contributed by atoms with E-state index in [9.17, 15) is 19.5 Å². The molecule has 4 aromatic rings. The van der Waals surface area contributed by atoms with Crippen molar-refractivity contribution in [3.8, 4) is 0 Å². The van der Waals surface area contributed by atoms with Crippen LogP contribution in [0.5, 0.6) is 0 Å². The second-order valence-corrected chi connectivity index (χ2v) is 12.5. The second-order valence-electron chi connectivity index (χ2n) is 11.5. The first-order chi connectivity index (χ1) is 22.9. The minimum absolute atomic E-state index is 0.0279. The molecule has 12 heteroatoms. The Hall–Kier alpha value is -4.49. The maximum Gasteiger partial charge on any atom is 0.408 e. The first kappa shape index (κ1) is 32.5. The van der Waals surface area contributed by atoms with E-state index in [1.54, 1.807) is 18.0 Å². The quantitative estimate of drug-likeness (QED) is 0.173. The Morgan fingerprint density at radius 3 is 2.40 bits per heavy atom. The summed E-state index contributed by atoms with van der Waals surface area (Å²) in [4.78, 5) is 43.6. The van der Waals surface area contributed by atoms with E-state index in [0.29, 0.717) is 12.2 Å². The van der Waals surface area contributed by atoms with E-state index in [1.165, 1.54) is 0 Å². The third-order valence-electron chi connectivity index (χ3n) is 8.13. The Morgan fingerprint density at radius 1 is 0.979 bits per heavy atom. The summed E-state index contributed by atoms with van der Waals surface area (Å²) in [7, 11) is 1.96. The number of aliphatic hydroxyl groups excluding tert-OH is 1. The van der Waals surface area contributed by atoms with Gasteiger partial charge < -0.3 is 29.2 Å². The molecule has 3 amide bonds. The predicted octanol–water partition coefficient (Wildman–Crippen LogP) is 4.80. The molecular weight excluding hydrogens is 620 g/mol. The van der Waals surface area contributed by atoms with Gasteiger partial charge in [-0.05, 0) is 22.3 Å². The highest BCUT2D eigenvalue weighted by Gasteiger charge is 2.40. The number of alkyl carbamates (subject to hydrolysis) is 1. The summed E-state index contributed by atoms with van der Waals surface area (Å²) in [6, 6.07) is 23.4. The largest absolute Gasteiger partial charge is 0.445 e. The molecule has 3 aromatic carbocycles. The number of nitrogens with zero attached hydrogens (tertiary/aromatic N) is 3. The van der Waals surface area contributed by atoms with Gasteiger partial charge in [-0.15, -0.1) is 0 Å². The zero-order valence-corrected chi connectivity index (χ0v) is 26.7. The van der Waals surface area contributed by atoms with Gasteiger partial charge in [0.2, 0.25) is 5.91 Å². The fraction of sp³-hybridized carbons (Fsp3) is 0.314. The summed E-state index contributed by atoms with van der Waals surface area (Å²) >= 11 is 1.62. The topological polar surface area (TPSA) is 132 Å². The predicted molar refractivity (Wildman–Crippen MR) is 173 cm³/mol. The van der Waals surface area contributed by atoms with E-state index in [4.69, 9.17) is 14.2 Å². The molecule has 4 atom stereocenters. The SMILES string of the molecule is Cn1ccnc1SC[C@@H]1C[C@H](c2ccc(CO)cc2)O[C@H](c2ccc(CN3C(=O)CC(NC(=O)OCc4ccccc4)C3=O)cc2)O1. The summed E-state index contributed by atoms with van der Waals surface area (Å²) < 4.78 is 20.1. The number of aryl methyl sites for hydroxylation is 1. The number of rotatable bonds is 11. The minimum Gasteiger partial charge on any atom is -0.445 e. The van der Waals surface area contributed by atoms with Crippen LogP contribution >= 0.6 is 11.8 Å². The maximum absolute atomic E-state index is 13.0. The lowest BCUT2D eigenvalue weighted by atomic mass is 10.0. The number of benzene rings is 3. The number of aliphatic hydroxyl groups is 1. The van der Waals surface area contributed by atoms with E-state index in [-0.39, 0.29) is 44.3 Å². The van der Waals surface area contributed by atoms with Gasteiger partial charge >= 0.3 is 6.09 Å². The molecule has 6 rings (SSSR count). The molecule has 1 aromatic heterocycles. The van der Waals surface area contributed by atoms with Crippen LogP contribution in [0.2, 0.25) is 0 Å². The number of likely N-dealkylation sites (tertiary alicyclic amines) is 1. The number of aromatic nitrogens is 2. The van der Waals surface area contributed by atoms with Crippen molar-refractivity contribution in [1.82, 2.24) is 19.8 Å². The van der Waals surface area contributed by atoms with Gasteiger partial charge in [-0.3, -0.25) is 14.5 Å². The lowest BCUT2D eigenvalue weighted by molar-refractivity contribution is -0.245. The number of imide groups is 1. The molecule has 2 N–H and O–H groups in total. The Kier molecular flexibility index (Phi) is 10.3. The Morgan fingerprint density at radius 2 is 1.70 bits per heavy atom. The van der Waals surface area contributed by atoms with E-state index in [1.807, 2.05) is 96.7 Å². The fourth-order valence-electron chi connectivity index (χ4n) is 5.51. The Bertz CT molecular complexity index is 1680. The number of imidazole rings is 1. The van der Waals surface area contributed by atoms with Gasteiger partial charge in [0.15, 0.2) is 11.4 Å². The molecule has 0 bridgehead atoms. The number of hydrogen-bond acceptors (Lipinski definition) is 9. The third kappa shape index (κ3) is 8.09. The van der Waals surface area contributed by atoms with Crippen LogP contribution in [0, 0.1) is 0 Å². The lowest BCUT2D eigenvalue weighted by Crippen LogP contribution is -2.41. The maximum atomic E-state index is 13.0. The van der Waals surface area contributed by atoms with Crippen molar-refractivity contribution in [3.05, 3.63) is 119 Å². The molecule has 11 nitrogen and oxygen atoms in total. The number of amides is 3. The molecular formula is C35H36N4O7S. The fourth-order valence-corrected chi connectivity index (χ4v) is 6.46. The van der Waals surface area contributed by atoms with Crippen LogP contribution in [0.25, 0.3) is 0 Å². The smallest absolute Gasteiger partial charge is 0.408 e. The van der Waals surface area contributed by atoms with E-state index in [2.05, 4.69) is 10.3 Å². The van der Waals surface area contributed by atoms with Crippen LogP contribution in [-0.2, 0) is 50.6 Å². The Balaban J connectivity index is 1.08. The zero-order valence-electron chi connectivity index (χ0n) is 25.9. The summed E-state index contributed by atoms with van der Waals surface area (Å²) in [6.07, 6.45) is 2.46. The normalized spacial score (nSPS) is 21.2. The van der Waals surface area contributed by atoms with Gasteiger partial charge in [0, 0.05) is 37.2 Å². The van der Waals surface area contributed by atoms with Crippen molar-refractivity contribution in [2.45, 2.75) is 62.3 Å². The van der Waals surface area contributed by atoms with Crippen LogP contribution in [0.4, 0.5) is 4.79 Å². The average molecular weight is 657 g/mol. The van der Waals surface area contributed by atoms with Crippen molar-refractivity contribution in [2.75, 3.05) is 5.75 Å². The lowest BCUT2D eigenvalue weighted by Gasteiger charge is -2.36. The molecule has 244 valence electrons. The summed E-state index contributed by atoms with van der Waals surface area (Å²) in [5.41, 5.74) is 4.19. The number of thioether (sulfide) groups is 1. The molecule has 2 fully saturated rings. The van der Waals surface area contributed by atoms with Crippen molar-refractivity contribution in [1.29, 1.82) is 0 Å². The van der Waals surface area contributed by atoms with Crippen LogP contribution in [0.3, 0.4) is 0 Å². The highest BCUT2D eigenvalue weighted by Crippen LogP contribution is 2.39. The van der Waals surface area contributed by atoms with Crippen molar-refractivity contribution >= 4 is 29.7 Å². The molecule has 0 spiro atoms. The van der Waals surface area contributed by atoms with Gasteiger partial charge in [0.1, 0.15) is 12.6 Å². The Labute approximate surface area is 276 Å². The van der Waals surface area contributed by atoms with Gasteiger partial charge in [0.25, 0.3) is 5.91 Å². The number of hydrogen-bond donors (Lipinski definition) is 2. The van der Waals surface area contributed by atoms with Crippen LogP contribution in [0.1, 0.15) is 53.1 Å². The van der Waals surface area contributed by atoms with Gasteiger partial charge in [-0.2, -0.15) is 0 Å². The van der Waals surface area contributed by atoms with E-state index in [0.717, 1.165) is 37.9 Å². The van der Waals surface area contributed by atoms with E-state index >= 15 is 0 Å². The molecule has 2 aliphatic rings. The minimum atomic E-state index is -0.974. The van der Waals surface area contributed by atoms with Crippen LogP contribution in [-0.4, -0.2) is 55.4 Å². The van der Waals surface area contributed by atoms with Crippen LogP contribution < -0.4 is 5.32 Å². The van der Waals surface area contributed by atoms with Gasteiger partial charge in [-0.25, -0.2) is 9.78 Å². The number of ether oxygens (including phenoxy) is 3. The number of carbonyl (C=O) groups excluding carboxylic acids is 3. The summed E-state index contributed by atoms with van der Waals surface area (Å²) in [6.45, 7) is 0.108. The summed E-state index contributed by atoms with van der Waals surface area (Å²) in [5, 5.41) is 12.9. The standard InChI is InChI=1S/C35H36N4O7S/c1-38-16-15-36-34(38)47-22-28-17-30(26-11-9-24(20-40)10-12-26)46-33(45-28)27-13-7-23(8-14-27)19-39-31(41)18-29(32(39)42)37-35(43)44-21-25-5-3-2-4-6-25/h2-16,28-30,33,40H,17-22H2,1H3,(H,37,43)/t28-,29?,30+,33+/m0/s1. The molecule has 3 heterocycles. The monoisotopic (exact) mass is 656 g/mol. The zero-order chi connectivity index (χ0) is 32.8. The molecule has 47 heavy (non-hydrogen) atoms. The van der Waals surface area contributed by atoms with Crippen molar-refractivity contribution < 1.29 is 33.7 Å². The molecule has 2 saturated heterocycles. The first-order valence-corrected chi connectivity index (χ1v) is 16.4. The molecule has 0 radical (unpaired) electrons. The highest BCUT2D eigenvalue weighted by atomic mass is 32.2. The molecule has 2 aliphatic heterocycles. The van der Waals surface area contributed by atoms with Gasteiger partial charge in [0.05, 0.1) is 31.8 Å². The van der Waals surface area contributed by atoms with Crippen LogP contribution in [0.15, 0.2) is 96.4 Å². The third-order valence-corrected chi connectivity index (χ3v) is 9.32. The number of carbonyl (C=O) groups is 3. The second kappa shape index (κ2) is 14.9. The van der Waals surface area contributed by atoms with Crippen molar-refractivity contribution in [3.63, 3.8) is 0 Å².